The Balaban J connectivity index is 2.95. The molecule has 0 rings (SSSR count). The zero-order chi connectivity index (χ0) is 5.86. The molecule has 0 amide bonds. The molecule has 0 spiro atoms. The molecule has 0 N–H and O–H groups in total. The third-order valence-electron chi connectivity index (χ3n) is 0.309. The van der Waals surface area contributed by atoms with Gasteiger partial charge in [-0.3, -0.25) is 0 Å². The molecule has 7 heavy (non-hydrogen) atoms. The molecule has 0 aliphatic rings. The van der Waals surface area contributed by atoms with E-state index in [1.807, 2.05) is 0 Å². The number of alkyl halides is 2. The van der Waals surface area contributed by atoms with Crippen molar-refractivity contribution in [3.63, 3.8) is 0 Å². The summed E-state index contributed by atoms with van der Waals surface area (Å²) in [6, 6.07) is 0.525. The maximum atomic E-state index is 5.37. The van der Waals surface area contributed by atoms with Gasteiger partial charge in [-0.1, -0.05) is 0 Å². The summed E-state index contributed by atoms with van der Waals surface area (Å²) in [7, 11) is -1.25. The van der Waals surface area contributed by atoms with Gasteiger partial charge in [0.05, 0.1) is 0 Å². The predicted molar refractivity (Wildman–Crippen MR) is 37.8 cm³/mol. The Kier molecular flexibility index (Phi) is 5.12. The van der Waals surface area contributed by atoms with Crippen LogP contribution in [0.5, 0.6) is 0 Å². The molecule has 0 aliphatic heterocycles. The number of hydrogen-bond acceptors (Lipinski definition) is 0. The first-order valence-electron chi connectivity index (χ1n) is 1.58. The van der Waals surface area contributed by atoms with E-state index in [0.717, 1.165) is 0 Å². The van der Waals surface area contributed by atoms with Gasteiger partial charge in [-0.25, -0.2) is 0 Å². The summed E-state index contributed by atoms with van der Waals surface area (Å²) in [6.45, 7) is 0. The van der Waals surface area contributed by atoms with Gasteiger partial charge in [0.15, 0.2) is 0 Å². The van der Waals surface area contributed by atoms with E-state index in [4.69, 9.17) is 45.4 Å². The van der Waals surface area contributed by atoms with Gasteiger partial charge in [-0.2, -0.15) is 0 Å². The van der Waals surface area contributed by atoms with Crippen molar-refractivity contribution in [2.24, 2.45) is 0 Å². The van der Waals surface area contributed by atoms with E-state index in [-0.39, 0.29) is 0 Å². The summed E-state index contributed by atoms with van der Waals surface area (Å²) < 4.78 is 0. The van der Waals surface area contributed by atoms with E-state index in [9.17, 15) is 0 Å². The quantitative estimate of drug-likeness (QED) is 0.362. The summed E-state index contributed by atoms with van der Waals surface area (Å²) in [5, 5.41) is 0. The molecule has 0 saturated heterocycles. The van der Waals surface area contributed by atoms with Gasteiger partial charge in [0.2, 0.25) is 0 Å². The highest BCUT2D eigenvalue weighted by atomic mass is 35.7. The molecule has 0 atom stereocenters. The van der Waals surface area contributed by atoms with Crippen molar-refractivity contribution >= 4 is 52.8 Å². The minimum atomic E-state index is -1.25. The fourth-order valence-electron chi connectivity index (χ4n) is 0.117. The fourth-order valence-corrected chi connectivity index (χ4v) is 3.15. The third kappa shape index (κ3) is 7.38. The van der Waals surface area contributed by atoms with Gasteiger partial charge in [0, 0.05) is 0 Å². The maximum Gasteiger partial charge on any atom is 0.276 e. The van der Waals surface area contributed by atoms with Crippen LogP contribution in [0.25, 0.3) is 0 Å². The van der Waals surface area contributed by atoms with Crippen LogP contribution in [0.3, 0.4) is 0 Å². The number of hydrogen-bond donors (Lipinski definition) is 0. The van der Waals surface area contributed by atoms with Gasteiger partial charge in [-0.15, -0.1) is 45.4 Å². The predicted octanol–water partition coefficient (Wildman–Crippen LogP) is 2.76. The van der Waals surface area contributed by atoms with Crippen molar-refractivity contribution in [1.29, 1.82) is 0 Å². The summed E-state index contributed by atoms with van der Waals surface area (Å²) in [5.74, 6) is 0. The molecule has 0 fully saturated rings. The number of halogens is 4. The molecule has 0 saturated carbocycles. The Bertz CT molecular complexity index is 39.0. The largest absolute Gasteiger partial charge is 0.276 e. The highest BCUT2D eigenvalue weighted by molar-refractivity contribution is 7.34. The van der Waals surface area contributed by atoms with Crippen LogP contribution in [-0.4, -0.2) is 12.3 Å². The molecule has 1 radical (unpaired) electrons. The van der Waals surface area contributed by atoms with Crippen LogP contribution < -0.4 is 0 Å². The third-order valence-corrected chi connectivity index (χ3v) is 2.78. The molecule has 0 aromatic heterocycles. The molecule has 43 valence electrons. The van der Waals surface area contributed by atoms with Gasteiger partial charge >= 0.3 is 0 Å². The minimum absolute atomic E-state index is 0.399. The van der Waals surface area contributed by atoms with Crippen LogP contribution in [-0.2, 0) is 0 Å². The van der Waals surface area contributed by atoms with Crippen LogP contribution in [0.1, 0.15) is 0 Å². The van der Waals surface area contributed by atoms with Gasteiger partial charge in [0.1, 0.15) is 4.84 Å². The minimum Gasteiger partial charge on any atom is -0.146 e. The second-order valence-corrected chi connectivity index (χ2v) is 6.61. The van der Waals surface area contributed by atoms with Crippen molar-refractivity contribution in [3.8, 4) is 0 Å². The molecule has 0 aromatic carbocycles. The molecule has 5 heteroatoms. The molecule has 0 bridgehead atoms. The first-order chi connectivity index (χ1) is 3.13. The van der Waals surface area contributed by atoms with E-state index in [2.05, 4.69) is 0 Å². The summed E-state index contributed by atoms with van der Waals surface area (Å²) in [5.41, 5.74) is 0. The fraction of sp³-hybridized carbons (Fsp3) is 1.00. The van der Waals surface area contributed by atoms with Crippen molar-refractivity contribution < 1.29 is 0 Å². The normalized spacial score (nSPS) is 11.1. The second-order valence-electron chi connectivity index (χ2n) is 0.934. The Morgan fingerprint density at radius 3 is 1.71 bits per heavy atom. The van der Waals surface area contributed by atoms with Crippen molar-refractivity contribution in [2.45, 2.75) is 10.9 Å². The first-order valence-corrected chi connectivity index (χ1v) is 6.18. The van der Waals surface area contributed by atoms with E-state index >= 15 is 0 Å². The van der Waals surface area contributed by atoms with Crippen molar-refractivity contribution in [3.05, 3.63) is 0 Å². The highest BCUT2D eigenvalue weighted by Crippen LogP contribution is 2.14. The average Bonchev–Trinajstić information content (AvgIpc) is 1.27. The van der Waals surface area contributed by atoms with Gasteiger partial charge in [0.25, 0.3) is 7.42 Å². The second kappa shape index (κ2) is 4.27. The molecule has 0 aromatic rings. The van der Waals surface area contributed by atoms with Crippen LogP contribution in [0.4, 0.5) is 0 Å². The lowest BCUT2D eigenvalue weighted by molar-refractivity contribution is 1.36. The van der Waals surface area contributed by atoms with Crippen LogP contribution in [0, 0.1) is 0 Å². The van der Waals surface area contributed by atoms with Crippen molar-refractivity contribution in [2.75, 3.05) is 0 Å². The Labute approximate surface area is 63.7 Å². The van der Waals surface area contributed by atoms with Crippen LogP contribution in [0.15, 0.2) is 0 Å². The first kappa shape index (κ1) is 8.38. The van der Waals surface area contributed by atoms with Crippen LogP contribution in [0.2, 0.25) is 6.04 Å². The zero-order valence-electron chi connectivity index (χ0n) is 3.30. The standard InChI is InChI=1S/C2H3Cl4Si/c3-2(4)1-7(5)6/h2H,1H2. The van der Waals surface area contributed by atoms with Crippen LogP contribution >= 0.6 is 45.4 Å². The topological polar surface area (TPSA) is 0 Å². The molecular formula is C2H3Cl4Si. The van der Waals surface area contributed by atoms with Gasteiger partial charge in [-0.05, 0) is 6.04 Å². The SMILES string of the molecule is ClC(Cl)C[Si](Cl)Cl. The molecular weight excluding hydrogens is 194 g/mol. The maximum absolute atomic E-state index is 5.37. The zero-order valence-corrected chi connectivity index (χ0v) is 7.32. The Morgan fingerprint density at radius 1 is 1.29 bits per heavy atom. The van der Waals surface area contributed by atoms with E-state index in [1.54, 1.807) is 0 Å². The lowest BCUT2D eigenvalue weighted by atomic mass is 10.9. The Morgan fingerprint density at radius 2 is 1.71 bits per heavy atom. The summed E-state index contributed by atoms with van der Waals surface area (Å²) >= 11 is 21.3. The monoisotopic (exact) mass is 195 g/mol. The van der Waals surface area contributed by atoms with E-state index in [0.29, 0.717) is 6.04 Å². The smallest absolute Gasteiger partial charge is 0.146 e. The highest BCUT2D eigenvalue weighted by Gasteiger charge is 2.08. The molecule has 0 unspecified atom stereocenters. The summed E-state index contributed by atoms with van der Waals surface area (Å²) in [6.07, 6.45) is 0. The van der Waals surface area contributed by atoms with Crippen molar-refractivity contribution in [1.82, 2.24) is 0 Å². The molecule has 0 heterocycles. The Hall–Kier alpha value is 1.38. The lowest BCUT2D eigenvalue weighted by Crippen LogP contribution is -1.97. The lowest BCUT2D eigenvalue weighted by Gasteiger charge is -1.94. The summed E-state index contributed by atoms with van der Waals surface area (Å²) in [4.78, 5) is -0.399. The van der Waals surface area contributed by atoms with E-state index in [1.165, 1.54) is 0 Å². The van der Waals surface area contributed by atoms with Gasteiger partial charge < -0.3 is 0 Å². The average molecular weight is 197 g/mol. The molecule has 0 nitrogen and oxygen atoms in total. The van der Waals surface area contributed by atoms with E-state index < -0.39 is 12.3 Å². The number of rotatable bonds is 2. The molecule has 0 aliphatic carbocycles.